The second-order valence-electron chi connectivity index (χ2n) is 4.52. The first-order valence-electron chi connectivity index (χ1n) is 5.82. The van der Waals surface area contributed by atoms with Crippen molar-refractivity contribution in [3.63, 3.8) is 0 Å². The van der Waals surface area contributed by atoms with Crippen molar-refractivity contribution in [1.29, 1.82) is 0 Å². The maximum absolute atomic E-state index is 9.56. The predicted octanol–water partition coefficient (Wildman–Crippen LogP) is 3.09. The van der Waals surface area contributed by atoms with Crippen LogP contribution in [0.15, 0.2) is 16.7 Å². The highest BCUT2D eigenvalue weighted by Gasteiger charge is 2.24. The zero-order valence-corrected chi connectivity index (χ0v) is 12.1. The van der Waals surface area contributed by atoms with Crippen molar-refractivity contribution in [3.05, 3.63) is 21.8 Å². The van der Waals surface area contributed by atoms with Gasteiger partial charge in [0.25, 0.3) is 0 Å². The number of rotatable bonds is 2. The fourth-order valence-electron chi connectivity index (χ4n) is 2.23. The number of anilines is 1. The third-order valence-electron chi connectivity index (χ3n) is 3.31. The van der Waals surface area contributed by atoms with Crippen LogP contribution in [-0.4, -0.2) is 29.3 Å². The molecule has 17 heavy (non-hydrogen) atoms. The van der Waals surface area contributed by atoms with Crippen molar-refractivity contribution in [2.75, 3.05) is 18.0 Å². The molecule has 1 N–H and O–H groups in total. The number of aliphatic hydroxyl groups excluding tert-OH is 1. The van der Waals surface area contributed by atoms with E-state index >= 15 is 0 Å². The molecular formula is C12H16BrClN2O. The second-order valence-corrected chi connectivity index (χ2v) is 5.81. The molecule has 0 spiro atoms. The highest BCUT2D eigenvalue weighted by atomic mass is 79.9. The van der Waals surface area contributed by atoms with Crippen LogP contribution in [0.2, 0.25) is 5.02 Å². The molecule has 0 aromatic carbocycles. The zero-order valence-electron chi connectivity index (χ0n) is 9.74. The van der Waals surface area contributed by atoms with Crippen LogP contribution >= 0.6 is 27.5 Å². The quantitative estimate of drug-likeness (QED) is 0.910. The van der Waals surface area contributed by atoms with Crippen LogP contribution in [0.1, 0.15) is 19.8 Å². The Morgan fingerprint density at radius 1 is 1.53 bits per heavy atom. The first-order valence-corrected chi connectivity index (χ1v) is 6.99. The third kappa shape index (κ3) is 3.12. The number of pyridine rings is 1. The van der Waals surface area contributed by atoms with E-state index in [0.29, 0.717) is 10.9 Å². The topological polar surface area (TPSA) is 36.4 Å². The Morgan fingerprint density at radius 3 is 2.71 bits per heavy atom. The second kappa shape index (κ2) is 5.55. The molecule has 1 aromatic rings. The minimum Gasteiger partial charge on any atom is -0.393 e. The lowest BCUT2D eigenvalue weighted by atomic mass is 9.92. The van der Waals surface area contributed by atoms with Crippen LogP contribution in [0.25, 0.3) is 0 Å². The van der Waals surface area contributed by atoms with E-state index in [9.17, 15) is 5.11 Å². The molecule has 0 bridgehead atoms. The van der Waals surface area contributed by atoms with E-state index in [1.54, 1.807) is 6.20 Å². The Bertz CT molecular complexity index is 392. The summed E-state index contributed by atoms with van der Waals surface area (Å²) in [6.45, 7) is 3.74. The summed E-state index contributed by atoms with van der Waals surface area (Å²) in [5.74, 6) is 1.36. The van der Waals surface area contributed by atoms with Crippen molar-refractivity contribution in [3.8, 4) is 0 Å². The van der Waals surface area contributed by atoms with Crippen molar-refractivity contribution in [2.45, 2.75) is 25.9 Å². The standard InChI is InChI=1S/C12H16BrClN2O/c1-8(17)9-2-4-16(5-3-9)12-11(13)6-10(14)7-15-12/h6-9,17H,2-5H2,1H3. The summed E-state index contributed by atoms with van der Waals surface area (Å²) in [7, 11) is 0. The highest BCUT2D eigenvalue weighted by Crippen LogP contribution is 2.30. The number of nitrogens with zero attached hydrogens (tertiary/aromatic N) is 2. The third-order valence-corrected chi connectivity index (χ3v) is 4.10. The van der Waals surface area contributed by atoms with Crippen LogP contribution in [0.5, 0.6) is 0 Å². The number of hydrogen-bond donors (Lipinski definition) is 1. The molecular weight excluding hydrogens is 304 g/mol. The van der Waals surface area contributed by atoms with Gasteiger partial charge in [0.15, 0.2) is 0 Å². The molecule has 1 aliphatic rings. The monoisotopic (exact) mass is 318 g/mol. The van der Waals surface area contributed by atoms with Gasteiger partial charge in [-0.3, -0.25) is 0 Å². The molecule has 1 unspecified atom stereocenters. The summed E-state index contributed by atoms with van der Waals surface area (Å²) in [6, 6.07) is 1.87. The minimum atomic E-state index is -0.209. The Morgan fingerprint density at radius 2 is 2.18 bits per heavy atom. The van der Waals surface area contributed by atoms with Gasteiger partial charge in [-0.2, -0.15) is 0 Å². The molecule has 0 saturated carbocycles. The number of aliphatic hydroxyl groups is 1. The van der Waals surface area contributed by atoms with E-state index in [1.165, 1.54) is 0 Å². The molecule has 94 valence electrons. The largest absolute Gasteiger partial charge is 0.393 e. The van der Waals surface area contributed by atoms with Gasteiger partial charge in [-0.25, -0.2) is 4.98 Å². The SMILES string of the molecule is CC(O)C1CCN(c2ncc(Cl)cc2Br)CC1. The fourth-order valence-corrected chi connectivity index (χ4v) is 3.12. The Labute approximate surface area is 115 Å². The number of halogens is 2. The zero-order chi connectivity index (χ0) is 12.4. The van der Waals surface area contributed by atoms with E-state index < -0.39 is 0 Å². The minimum absolute atomic E-state index is 0.209. The normalized spacial score (nSPS) is 19.4. The van der Waals surface area contributed by atoms with E-state index in [-0.39, 0.29) is 6.10 Å². The van der Waals surface area contributed by atoms with Gasteiger partial charge >= 0.3 is 0 Å². The molecule has 1 atom stereocenters. The van der Waals surface area contributed by atoms with Crippen LogP contribution < -0.4 is 4.90 Å². The molecule has 2 heterocycles. The van der Waals surface area contributed by atoms with Crippen molar-refractivity contribution in [2.24, 2.45) is 5.92 Å². The lowest BCUT2D eigenvalue weighted by Crippen LogP contribution is -2.37. The molecule has 5 heteroatoms. The summed E-state index contributed by atoms with van der Waals surface area (Å²) in [5.41, 5.74) is 0. The van der Waals surface area contributed by atoms with Crippen LogP contribution in [0.3, 0.4) is 0 Å². The highest BCUT2D eigenvalue weighted by molar-refractivity contribution is 9.10. The van der Waals surface area contributed by atoms with Gasteiger partial charge < -0.3 is 10.0 Å². The lowest BCUT2D eigenvalue weighted by molar-refractivity contribution is 0.109. The lowest BCUT2D eigenvalue weighted by Gasteiger charge is -2.34. The molecule has 3 nitrogen and oxygen atoms in total. The Hall–Kier alpha value is -0.320. The number of piperidine rings is 1. The molecule has 0 radical (unpaired) electrons. The first-order chi connectivity index (χ1) is 8.08. The molecule has 0 amide bonds. The number of hydrogen-bond acceptors (Lipinski definition) is 3. The van der Waals surface area contributed by atoms with E-state index in [4.69, 9.17) is 11.6 Å². The van der Waals surface area contributed by atoms with E-state index in [2.05, 4.69) is 25.8 Å². The smallest absolute Gasteiger partial charge is 0.142 e. The maximum Gasteiger partial charge on any atom is 0.142 e. The molecule has 1 fully saturated rings. The van der Waals surface area contributed by atoms with Crippen LogP contribution in [0.4, 0.5) is 5.82 Å². The van der Waals surface area contributed by atoms with Crippen LogP contribution in [0, 0.1) is 5.92 Å². The molecule has 1 aliphatic heterocycles. The summed E-state index contributed by atoms with van der Waals surface area (Å²) in [6.07, 6.45) is 3.48. The van der Waals surface area contributed by atoms with E-state index in [1.807, 2.05) is 13.0 Å². The summed E-state index contributed by atoms with van der Waals surface area (Å²) < 4.78 is 0.931. The fraction of sp³-hybridized carbons (Fsp3) is 0.583. The molecule has 1 saturated heterocycles. The molecule has 0 aliphatic carbocycles. The van der Waals surface area contributed by atoms with Gasteiger partial charge in [0, 0.05) is 19.3 Å². The molecule has 2 rings (SSSR count). The van der Waals surface area contributed by atoms with Crippen molar-refractivity contribution in [1.82, 2.24) is 4.98 Å². The summed E-state index contributed by atoms with van der Waals surface area (Å²) in [5, 5.41) is 10.2. The van der Waals surface area contributed by atoms with Crippen LogP contribution in [-0.2, 0) is 0 Å². The summed E-state index contributed by atoms with van der Waals surface area (Å²) >= 11 is 9.37. The molecule has 1 aromatic heterocycles. The number of aromatic nitrogens is 1. The summed E-state index contributed by atoms with van der Waals surface area (Å²) in [4.78, 5) is 6.59. The Kier molecular flexibility index (Phi) is 4.28. The van der Waals surface area contributed by atoms with Gasteiger partial charge in [-0.1, -0.05) is 11.6 Å². The average Bonchev–Trinajstić information content (AvgIpc) is 2.29. The van der Waals surface area contributed by atoms with Gasteiger partial charge in [0.05, 0.1) is 15.6 Å². The Balaban J connectivity index is 2.05. The first kappa shape index (κ1) is 13.1. The van der Waals surface area contributed by atoms with Crippen molar-refractivity contribution < 1.29 is 5.11 Å². The van der Waals surface area contributed by atoms with Gasteiger partial charge in [-0.15, -0.1) is 0 Å². The average molecular weight is 320 g/mol. The van der Waals surface area contributed by atoms with Crippen molar-refractivity contribution >= 4 is 33.3 Å². The van der Waals surface area contributed by atoms with E-state index in [0.717, 1.165) is 36.2 Å². The van der Waals surface area contributed by atoms with Gasteiger partial charge in [-0.05, 0) is 47.7 Å². The predicted molar refractivity (Wildman–Crippen MR) is 73.6 cm³/mol. The maximum atomic E-state index is 9.56. The van der Waals surface area contributed by atoms with Gasteiger partial charge in [0.1, 0.15) is 5.82 Å². The van der Waals surface area contributed by atoms with Gasteiger partial charge in [0.2, 0.25) is 0 Å².